The van der Waals surface area contributed by atoms with Gasteiger partial charge in [0.1, 0.15) is 4.90 Å². The number of nitrogens with zero attached hydrogens (tertiary/aromatic N) is 2. The number of benzene rings is 1. The Morgan fingerprint density at radius 3 is 2.28 bits per heavy atom. The van der Waals surface area contributed by atoms with Gasteiger partial charge in [-0.2, -0.15) is 0 Å². The maximum Gasteiger partial charge on any atom is 0.244 e. The molecule has 0 heterocycles. The van der Waals surface area contributed by atoms with E-state index in [0.29, 0.717) is 17.1 Å². The van der Waals surface area contributed by atoms with Crippen LogP contribution in [0.15, 0.2) is 29.2 Å². The monoisotopic (exact) mass is 290 g/mol. The third-order valence-electron chi connectivity index (χ3n) is 2.56. The van der Waals surface area contributed by atoms with Crippen LogP contribution in [0, 0.1) is 0 Å². The molecule has 0 aromatic heterocycles. The Balaban J connectivity index is 3.23. The molecule has 0 saturated heterocycles. The van der Waals surface area contributed by atoms with Crippen molar-refractivity contribution < 1.29 is 8.42 Å². The van der Waals surface area contributed by atoms with Crippen LogP contribution < -0.4 is 4.90 Å². The van der Waals surface area contributed by atoms with Crippen molar-refractivity contribution in [2.45, 2.75) is 17.2 Å². The SMILES string of the molecule is CC(Cl)CN(C)c1ccccc1S(=O)(=O)N(C)C. The summed E-state index contributed by atoms with van der Waals surface area (Å²) in [6, 6.07) is 6.94. The fourth-order valence-electron chi connectivity index (χ4n) is 1.66. The van der Waals surface area contributed by atoms with Gasteiger partial charge in [-0.25, -0.2) is 12.7 Å². The van der Waals surface area contributed by atoms with Gasteiger partial charge in [0.25, 0.3) is 0 Å². The normalized spacial score (nSPS) is 13.7. The highest BCUT2D eigenvalue weighted by Gasteiger charge is 2.22. The van der Waals surface area contributed by atoms with Crippen molar-refractivity contribution in [1.82, 2.24) is 4.31 Å². The first kappa shape index (κ1) is 15.3. The minimum absolute atomic E-state index is 0.0508. The molecule has 1 aromatic rings. The zero-order valence-corrected chi connectivity index (χ0v) is 12.7. The van der Waals surface area contributed by atoms with Gasteiger partial charge in [0.05, 0.1) is 5.69 Å². The first-order chi connectivity index (χ1) is 8.26. The Morgan fingerprint density at radius 1 is 1.22 bits per heavy atom. The Morgan fingerprint density at radius 2 is 1.78 bits per heavy atom. The van der Waals surface area contributed by atoms with E-state index in [1.54, 1.807) is 18.2 Å². The van der Waals surface area contributed by atoms with E-state index >= 15 is 0 Å². The van der Waals surface area contributed by atoms with Crippen molar-refractivity contribution in [2.24, 2.45) is 0 Å². The maximum atomic E-state index is 12.2. The summed E-state index contributed by atoms with van der Waals surface area (Å²) in [6.45, 7) is 2.46. The van der Waals surface area contributed by atoms with Gasteiger partial charge in [-0.15, -0.1) is 11.6 Å². The standard InChI is InChI=1S/C12H19ClN2O2S/c1-10(13)9-15(4)11-7-5-6-8-12(11)18(16,17)14(2)3/h5-8,10H,9H2,1-4H3. The number of anilines is 1. The quantitative estimate of drug-likeness (QED) is 0.779. The van der Waals surface area contributed by atoms with Gasteiger partial charge < -0.3 is 4.90 Å². The third kappa shape index (κ3) is 3.37. The molecular formula is C12H19ClN2O2S. The van der Waals surface area contributed by atoms with Crippen molar-refractivity contribution in [2.75, 3.05) is 32.6 Å². The molecule has 0 fully saturated rings. The summed E-state index contributed by atoms with van der Waals surface area (Å²) in [5, 5.41) is -0.0508. The van der Waals surface area contributed by atoms with E-state index in [-0.39, 0.29) is 5.38 Å². The van der Waals surface area contributed by atoms with E-state index in [4.69, 9.17) is 11.6 Å². The average Bonchev–Trinajstić information content (AvgIpc) is 2.27. The van der Waals surface area contributed by atoms with E-state index < -0.39 is 10.0 Å². The second-order valence-corrected chi connectivity index (χ2v) is 7.28. The van der Waals surface area contributed by atoms with E-state index in [9.17, 15) is 8.42 Å². The molecule has 0 bridgehead atoms. The largest absolute Gasteiger partial charge is 0.372 e. The lowest BCUT2D eigenvalue weighted by Crippen LogP contribution is -2.28. The van der Waals surface area contributed by atoms with E-state index in [1.807, 2.05) is 24.9 Å². The molecule has 1 rings (SSSR count). The van der Waals surface area contributed by atoms with Crippen LogP contribution in [-0.2, 0) is 10.0 Å². The number of alkyl halides is 1. The number of halogens is 1. The molecule has 4 nitrogen and oxygen atoms in total. The zero-order valence-electron chi connectivity index (χ0n) is 11.1. The molecule has 1 aromatic carbocycles. The summed E-state index contributed by atoms with van der Waals surface area (Å²) in [5.41, 5.74) is 0.665. The van der Waals surface area contributed by atoms with Crippen LogP contribution in [0.1, 0.15) is 6.92 Å². The number of rotatable bonds is 5. The van der Waals surface area contributed by atoms with E-state index in [1.165, 1.54) is 18.4 Å². The second kappa shape index (κ2) is 5.91. The lowest BCUT2D eigenvalue weighted by Gasteiger charge is -2.24. The van der Waals surface area contributed by atoms with Gasteiger partial charge in [-0.1, -0.05) is 12.1 Å². The van der Waals surface area contributed by atoms with Crippen molar-refractivity contribution in [3.63, 3.8) is 0 Å². The van der Waals surface area contributed by atoms with Crippen LogP contribution >= 0.6 is 11.6 Å². The van der Waals surface area contributed by atoms with Gasteiger partial charge in [0.2, 0.25) is 10.0 Å². The summed E-state index contributed by atoms with van der Waals surface area (Å²) in [7, 11) is 1.44. The molecule has 1 unspecified atom stereocenters. The molecule has 0 radical (unpaired) electrons. The molecule has 18 heavy (non-hydrogen) atoms. The Kier molecular flexibility index (Phi) is 5.01. The van der Waals surface area contributed by atoms with Crippen molar-refractivity contribution in [3.05, 3.63) is 24.3 Å². The predicted octanol–water partition coefficient (Wildman–Crippen LogP) is 2.00. The molecule has 0 saturated carbocycles. The Hall–Kier alpha value is -0.780. The summed E-state index contributed by atoms with van der Waals surface area (Å²) < 4.78 is 25.6. The number of hydrogen-bond acceptors (Lipinski definition) is 3. The highest BCUT2D eigenvalue weighted by molar-refractivity contribution is 7.89. The molecule has 0 aliphatic rings. The molecule has 0 N–H and O–H groups in total. The van der Waals surface area contributed by atoms with Gasteiger partial charge >= 0.3 is 0 Å². The third-order valence-corrected chi connectivity index (χ3v) is 4.56. The molecular weight excluding hydrogens is 272 g/mol. The van der Waals surface area contributed by atoms with Crippen molar-refractivity contribution >= 4 is 27.3 Å². The van der Waals surface area contributed by atoms with Crippen LogP contribution in [0.4, 0.5) is 5.69 Å². The summed E-state index contributed by atoms with van der Waals surface area (Å²) in [5.74, 6) is 0. The van der Waals surface area contributed by atoms with Crippen LogP contribution in [0.3, 0.4) is 0 Å². The van der Waals surface area contributed by atoms with E-state index in [0.717, 1.165) is 0 Å². The van der Waals surface area contributed by atoms with Crippen LogP contribution in [0.2, 0.25) is 0 Å². The van der Waals surface area contributed by atoms with Crippen LogP contribution in [0.5, 0.6) is 0 Å². The summed E-state index contributed by atoms with van der Waals surface area (Å²) in [4.78, 5) is 2.16. The summed E-state index contributed by atoms with van der Waals surface area (Å²) in [6.07, 6.45) is 0. The van der Waals surface area contributed by atoms with Gasteiger partial charge in [-0.05, 0) is 19.1 Å². The maximum absolute atomic E-state index is 12.2. The molecule has 0 aliphatic heterocycles. The van der Waals surface area contributed by atoms with E-state index in [2.05, 4.69) is 0 Å². The Bertz CT molecular complexity index is 501. The van der Waals surface area contributed by atoms with Crippen LogP contribution in [-0.4, -0.2) is 45.8 Å². The van der Waals surface area contributed by atoms with Crippen molar-refractivity contribution in [1.29, 1.82) is 0 Å². The Labute approximate surface area is 114 Å². The molecule has 102 valence electrons. The topological polar surface area (TPSA) is 40.6 Å². The number of para-hydroxylation sites is 1. The van der Waals surface area contributed by atoms with Crippen molar-refractivity contribution in [3.8, 4) is 0 Å². The number of sulfonamides is 1. The first-order valence-corrected chi connectivity index (χ1v) is 7.51. The minimum Gasteiger partial charge on any atom is -0.372 e. The van der Waals surface area contributed by atoms with Gasteiger partial charge in [-0.3, -0.25) is 0 Å². The predicted molar refractivity (Wildman–Crippen MR) is 75.9 cm³/mol. The molecule has 1 atom stereocenters. The molecule has 0 spiro atoms. The first-order valence-electron chi connectivity index (χ1n) is 5.63. The molecule has 0 aliphatic carbocycles. The minimum atomic E-state index is -3.44. The highest BCUT2D eigenvalue weighted by Crippen LogP contribution is 2.26. The molecule has 0 amide bonds. The number of hydrogen-bond donors (Lipinski definition) is 0. The highest BCUT2D eigenvalue weighted by atomic mass is 35.5. The fraction of sp³-hybridized carbons (Fsp3) is 0.500. The fourth-order valence-corrected chi connectivity index (χ4v) is 3.00. The lowest BCUT2D eigenvalue weighted by atomic mass is 10.3. The van der Waals surface area contributed by atoms with Gasteiger partial charge in [0, 0.05) is 33.1 Å². The molecule has 6 heteroatoms. The lowest BCUT2D eigenvalue weighted by molar-refractivity contribution is 0.520. The van der Waals surface area contributed by atoms with Crippen LogP contribution in [0.25, 0.3) is 0 Å². The smallest absolute Gasteiger partial charge is 0.244 e. The van der Waals surface area contributed by atoms with Gasteiger partial charge in [0.15, 0.2) is 0 Å². The average molecular weight is 291 g/mol. The second-order valence-electron chi connectivity index (χ2n) is 4.42. The zero-order chi connectivity index (χ0) is 13.9. The summed E-state index contributed by atoms with van der Waals surface area (Å²) >= 11 is 5.95.